The maximum absolute atomic E-state index is 11.1. The second kappa shape index (κ2) is 2.51. The zero-order valence-electron chi connectivity index (χ0n) is 6.08. The van der Waals surface area contributed by atoms with Gasteiger partial charge in [0, 0.05) is 6.04 Å². The van der Waals surface area contributed by atoms with Crippen LogP contribution in [0.3, 0.4) is 0 Å². The van der Waals surface area contributed by atoms with E-state index in [-0.39, 0.29) is 17.0 Å². The van der Waals surface area contributed by atoms with Crippen molar-refractivity contribution < 1.29 is 8.42 Å². The van der Waals surface area contributed by atoms with Crippen LogP contribution in [0.2, 0.25) is 0 Å². The van der Waals surface area contributed by atoms with E-state index >= 15 is 0 Å². The molecule has 1 saturated heterocycles. The van der Waals surface area contributed by atoms with E-state index in [1.165, 1.54) is 0 Å². The molecule has 0 aliphatic carbocycles. The smallest absolute Gasteiger partial charge is 0.154 e. The third kappa shape index (κ3) is 1.49. The van der Waals surface area contributed by atoms with Gasteiger partial charge >= 0.3 is 0 Å². The second-order valence-corrected chi connectivity index (χ2v) is 5.44. The summed E-state index contributed by atoms with van der Waals surface area (Å²) in [5.41, 5.74) is 5.49. The SMILES string of the molecule is C[C@H]1CC[C@H](N)CS1(=O)=O. The molecule has 0 bridgehead atoms. The molecule has 1 fully saturated rings. The largest absolute Gasteiger partial charge is 0.327 e. The Balaban J connectivity index is 2.74. The lowest BCUT2D eigenvalue weighted by molar-refractivity contribution is 0.522. The molecule has 0 aromatic carbocycles. The predicted molar refractivity (Wildman–Crippen MR) is 40.5 cm³/mol. The van der Waals surface area contributed by atoms with Gasteiger partial charge in [0.25, 0.3) is 0 Å². The highest BCUT2D eigenvalue weighted by Gasteiger charge is 2.28. The summed E-state index contributed by atoms with van der Waals surface area (Å²) in [5, 5.41) is -0.174. The lowest BCUT2D eigenvalue weighted by atomic mass is 10.1. The van der Waals surface area contributed by atoms with Gasteiger partial charge in [-0.15, -0.1) is 0 Å². The van der Waals surface area contributed by atoms with Crippen molar-refractivity contribution in [3.05, 3.63) is 0 Å². The van der Waals surface area contributed by atoms with Crippen molar-refractivity contribution in [1.82, 2.24) is 0 Å². The third-order valence-corrected chi connectivity index (χ3v) is 4.36. The quantitative estimate of drug-likeness (QED) is 0.543. The number of hydrogen-bond acceptors (Lipinski definition) is 3. The number of nitrogens with two attached hydrogens (primary N) is 1. The van der Waals surface area contributed by atoms with Crippen LogP contribution >= 0.6 is 0 Å². The van der Waals surface area contributed by atoms with Gasteiger partial charge in [0.2, 0.25) is 0 Å². The molecule has 1 rings (SSSR count). The maximum Gasteiger partial charge on any atom is 0.154 e. The van der Waals surface area contributed by atoms with Crippen molar-refractivity contribution in [3.63, 3.8) is 0 Å². The molecule has 4 heteroatoms. The third-order valence-electron chi connectivity index (χ3n) is 2.00. The van der Waals surface area contributed by atoms with Gasteiger partial charge in [-0.2, -0.15) is 0 Å². The van der Waals surface area contributed by atoms with E-state index in [2.05, 4.69) is 0 Å². The first kappa shape index (κ1) is 8.01. The highest BCUT2D eigenvalue weighted by Crippen LogP contribution is 2.17. The molecule has 0 unspecified atom stereocenters. The molecule has 1 aliphatic rings. The highest BCUT2D eigenvalue weighted by atomic mass is 32.2. The Morgan fingerprint density at radius 2 is 2.00 bits per heavy atom. The summed E-state index contributed by atoms with van der Waals surface area (Å²) < 4.78 is 22.2. The lowest BCUT2D eigenvalue weighted by Gasteiger charge is -2.23. The molecule has 0 spiro atoms. The van der Waals surface area contributed by atoms with E-state index in [1.807, 2.05) is 0 Å². The molecule has 2 N–H and O–H groups in total. The molecule has 2 atom stereocenters. The monoisotopic (exact) mass is 163 g/mol. The van der Waals surface area contributed by atoms with Crippen LogP contribution in [0, 0.1) is 0 Å². The predicted octanol–water partition coefficient (Wildman–Crippen LogP) is -0.0892. The fourth-order valence-corrected chi connectivity index (χ4v) is 2.76. The molecule has 3 nitrogen and oxygen atoms in total. The van der Waals surface area contributed by atoms with Gasteiger partial charge in [-0.25, -0.2) is 8.42 Å². The summed E-state index contributed by atoms with van der Waals surface area (Å²) in [5.74, 6) is 0.175. The first-order valence-corrected chi connectivity index (χ1v) is 5.21. The fraction of sp³-hybridized carbons (Fsp3) is 1.00. The van der Waals surface area contributed by atoms with Gasteiger partial charge < -0.3 is 5.73 Å². The van der Waals surface area contributed by atoms with Gasteiger partial charge in [-0.1, -0.05) is 0 Å². The van der Waals surface area contributed by atoms with Crippen molar-refractivity contribution in [1.29, 1.82) is 0 Å². The van der Waals surface area contributed by atoms with E-state index in [1.54, 1.807) is 6.92 Å². The molecule has 0 aromatic rings. The van der Waals surface area contributed by atoms with Crippen molar-refractivity contribution in [2.24, 2.45) is 5.73 Å². The van der Waals surface area contributed by atoms with Gasteiger partial charge in [0.1, 0.15) is 0 Å². The van der Waals surface area contributed by atoms with E-state index in [4.69, 9.17) is 5.73 Å². The normalized spacial score (nSPS) is 39.4. The highest BCUT2D eigenvalue weighted by molar-refractivity contribution is 7.92. The molecular formula is C6H13NO2S. The minimum atomic E-state index is -2.84. The summed E-state index contributed by atoms with van der Waals surface area (Å²) in [6.45, 7) is 1.75. The average Bonchev–Trinajstić information content (AvgIpc) is 1.78. The summed E-state index contributed by atoms with van der Waals surface area (Å²) in [6, 6.07) is -0.124. The summed E-state index contributed by atoms with van der Waals surface area (Å²) >= 11 is 0. The van der Waals surface area contributed by atoms with Crippen LogP contribution in [-0.2, 0) is 9.84 Å². The van der Waals surface area contributed by atoms with Crippen molar-refractivity contribution >= 4 is 9.84 Å². The minimum Gasteiger partial charge on any atom is -0.327 e. The van der Waals surface area contributed by atoms with Gasteiger partial charge in [-0.05, 0) is 19.8 Å². The topological polar surface area (TPSA) is 60.2 Å². The van der Waals surface area contributed by atoms with Crippen molar-refractivity contribution in [3.8, 4) is 0 Å². The Hall–Kier alpha value is -0.0900. The zero-order valence-corrected chi connectivity index (χ0v) is 6.89. The van der Waals surface area contributed by atoms with Crippen LogP contribution in [0.4, 0.5) is 0 Å². The fourth-order valence-electron chi connectivity index (χ4n) is 1.17. The molecule has 0 amide bonds. The second-order valence-electron chi connectivity index (χ2n) is 2.98. The zero-order chi connectivity index (χ0) is 7.78. The Bertz CT molecular complexity index is 210. The van der Waals surface area contributed by atoms with Gasteiger partial charge in [-0.3, -0.25) is 0 Å². The van der Waals surface area contributed by atoms with Crippen LogP contribution < -0.4 is 5.73 Å². The maximum atomic E-state index is 11.1. The number of hydrogen-bond donors (Lipinski definition) is 1. The Labute approximate surface area is 61.5 Å². The number of rotatable bonds is 0. The van der Waals surface area contributed by atoms with Crippen molar-refractivity contribution in [2.75, 3.05) is 5.75 Å². The average molecular weight is 163 g/mol. The van der Waals surface area contributed by atoms with E-state index in [9.17, 15) is 8.42 Å². The van der Waals surface area contributed by atoms with E-state index in [0.717, 1.165) is 12.8 Å². The van der Waals surface area contributed by atoms with Gasteiger partial charge in [0.05, 0.1) is 11.0 Å². The van der Waals surface area contributed by atoms with Crippen LogP contribution in [0.5, 0.6) is 0 Å². The van der Waals surface area contributed by atoms with Crippen molar-refractivity contribution in [2.45, 2.75) is 31.1 Å². The molecule has 1 heterocycles. The summed E-state index contributed by atoms with van der Waals surface area (Å²) in [4.78, 5) is 0. The van der Waals surface area contributed by atoms with Gasteiger partial charge in [0.15, 0.2) is 9.84 Å². The molecule has 1 aliphatic heterocycles. The standard InChI is InChI=1S/C6H13NO2S/c1-5-2-3-6(7)4-10(5,8)9/h5-6H,2-4,7H2,1H3/t5-,6-/m0/s1. The number of sulfone groups is 1. The Morgan fingerprint density at radius 1 is 1.40 bits per heavy atom. The molecule has 0 radical (unpaired) electrons. The molecule has 0 saturated carbocycles. The van der Waals surface area contributed by atoms with Crippen LogP contribution in [-0.4, -0.2) is 25.5 Å². The lowest BCUT2D eigenvalue weighted by Crippen LogP contribution is -2.39. The molecule has 10 heavy (non-hydrogen) atoms. The van der Waals surface area contributed by atoms with E-state index in [0.29, 0.717) is 0 Å². The van der Waals surface area contributed by atoms with Crippen LogP contribution in [0.25, 0.3) is 0 Å². The van der Waals surface area contributed by atoms with Crippen LogP contribution in [0.15, 0.2) is 0 Å². The molecular weight excluding hydrogens is 150 g/mol. The summed E-state index contributed by atoms with van der Waals surface area (Å²) in [7, 11) is -2.84. The first-order chi connectivity index (χ1) is 4.52. The minimum absolute atomic E-state index is 0.124. The Morgan fingerprint density at radius 3 is 2.40 bits per heavy atom. The summed E-state index contributed by atoms with van der Waals surface area (Å²) in [6.07, 6.45) is 1.57. The Kier molecular flexibility index (Phi) is 2.01. The van der Waals surface area contributed by atoms with E-state index < -0.39 is 9.84 Å². The molecule has 0 aromatic heterocycles. The first-order valence-electron chi connectivity index (χ1n) is 3.49. The van der Waals surface area contributed by atoms with Crippen LogP contribution in [0.1, 0.15) is 19.8 Å². The molecule has 60 valence electrons.